The lowest BCUT2D eigenvalue weighted by Gasteiger charge is -2.15. The lowest BCUT2D eigenvalue weighted by atomic mass is 10.4. The highest BCUT2D eigenvalue weighted by Gasteiger charge is 2.24. The summed E-state index contributed by atoms with van der Waals surface area (Å²) in [5.74, 6) is -2.16. The molecule has 0 aromatic carbocycles. The molecule has 2 atom stereocenters. The summed E-state index contributed by atoms with van der Waals surface area (Å²) in [5.41, 5.74) is 2.16. The van der Waals surface area contributed by atoms with Crippen molar-refractivity contribution in [1.29, 1.82) is 0 Å². The predicted molar refractivity (Wildman–Crippen MR) is 51.9 cm³/mol. The van der Waals surface area contributed by atoms with Crippen LogP contribution in [0.15, 0.2) is 0 Å². The number of nitrogens with one attached hydrogen (secondary N) is 1. The standard InChI is InChI=1S/C9H15NO6/c1-5(14-7(3)11)8(12)15-6(2)9(13)16-10-4/h5-6,10H,1-4H3. The van der Waals surface area contributed by atoms with Crippen LogP contribution in [0.1, 0.15) is 20.8 Å². The topological polar surface area (TPSA) is 90.9 Å². The Kier molecular flexibility index (Phi) is 6.09. The van der Waals surface area contributed by atoms with E-state index in [1.165, 1.54) is 27.8 Å². The van der Waals surface area contributed by atoms with Gasteiger partial charge in [0.15, 0.2) is 12.2 Å². The van der Waals surface area contributed by atoms with Crippen LogP contribution < -0.4 is 5.48 Å². The molecule has 1 N–H and O–H groups in total. The van der Waals surface area contributed by atoms with E-state index in [0.717, 1.165) is 0 Å². The first kappa shape index (κ1) is 14.4. The Balaban J connectivity index is 4.12. The van der Waals surface area contributed by atoms with Gasteiger partial charge in [-0.15, -0.1) is 0 Å². The van der Waals surface area contributed by atoms with Gasteiger partial charge in [0.25, 0.3) is 0 Å². The number of hydrogen-bond donors (Lipinski definition) is 1. The van der Waals surface area contributed by atoms with Gasteiger partial charge in [0.2, 0.25) is 0 Å². The Hall–Kier alpha value is -1.63. The van der Waals surface area contributed by atoms with Gasteiger partial charge in [-0.05, 0) is 13.8 Å². The molecule has 0 bridgehead atoms. The summed E-state index contributed by atoms with van der Waals surface area (Å²) >= 11 is 0. The Morgan fingerprint density at radius 2 is 1.50 bits per heavy atom. The van der Waals surface area contributed by atoms with Crippen molar-refractivity contribution >= 4 is 17.9 Å². The minimum Gasteiger partial charge on any atom is -0.451 e. The van der Waals surface area contributed by atoms with Crippen LogP contribution in [0.3, 0.4) is 0 Å². The van der Waals surface area contributed by atoms with E-state index in [1.54, 1.807) is 0 Å². The molecule has 0 heterocycles. The first-order valence-corrected chi connectivity index (χ1v) is 4.63. The van der Waals surface area contributed by atoms with Crippen molar-refractivity contribution in [3.05, 3.63) is 0 Å². The first-order chi connectivity index (χ1) is 7.38. The van der Waals surface area contributed by atoms with E-state index in [1.807, 2.05) is 0 Å². The molecule has 0 aliphatic heterocycles. The van der Waals surface area contributed by atoms with E-state index in [9.17, 15) is 14.4 Å². The molecule has 0 aromatic rings. The Morgan fingerprint density at radius 3 is 1.94 bits per heavy atom. The normalized spacial score (nSPS) is 13.5. The third-order valence-electron chi connectivity index (χ3n) is 1.50. The van der Waals surface area contributed by atoms with Gasteiger partial charge in [0.1, 0.15) is 0 Å². The zero-order chi connectivity index (χ0) is 12.7. The second kappa shape index (κ2) is 6.78. The number of carbonyl (C=O) groups excluding carboxylic acids is 3. The van der Waals surface area contributed by atoms with Crippen LogP contribution in [0.2, 0.25) is 0 Å². The molecule has 7 nitrogen and oxygen atoms in total. The number of hydrogen-bond acceptors (Lipinski definition) is 7. The van der Waals surface area contributed by atoms with E-state index in [-0.39, 0.29) is 0 Å². The fourth-order valence-corrected chi connectivity index (χ4v) is 0.799. The number of carbonyl (C=O) groups is 3. The smallest absolute Gasteiger partial charge is 0.365 e. The molecule has 2 unspecified atom stereocenters. The van der Waals surface area contributed by atoms with Crippen LogP contribution in [-0.4, -0.2) is 37.2 Å². The maximum atomic E-state index is 11.3. The van der Waals surface area contributed by atoms with Gasteiger partial charge in [-0.2, -0.15) is 5.48 Å². The van der Waals surface area contributed by atoms with Gasteiger partial charge in [-0.1, -0.05) is 0 Å². The van der Waals surface area contributed by atoms with Crippen LogP contribution in [0.25, 0.3) is 0 Å². The molecule has 0 aliphatic carbocycles. The Bertz CT molecular complexity index is 277. The first-order valence-electron chi connectivity index (χ1n) is 4.63. The van der Waals surface area contributed by atoms with Crippen molar-refractivity contribution in [1.82, 2.24) is 5.48 Å². The van der Waals surface area contributed by atoms with Crippen molar-refractivity contribution in [2.75, 3.05) is 7.05 Å². The summed E-state index contributed by atoms with van der Waals surface area (Å²) in [4.78, 5) is 37.3. The Morgan fingerprint density at radius 1 is 1.00 bits per heavy atom. The summed E-state index contributed by atoms with van der Waals surface area (Å²) < 4.78 is 9.27. The molecule has 0 fully saturated rings. The van der Waals surface area contributed by atoms with Crippen LogP contribution in [0.5, 0.6) is 0 Å². The monoisotopic (exact) mass is 233 g/mol. The second-order valence-corrected chi connectivity index (χ2v) is 2.96. The van der Waals surface area contributed by atoms with Gasteiger partial charge >= 0.3 is 17.9 Å². The molecule has 92 valence electrons. The lowest BCUT2D eigenvalue weighted by Crippen LogP contribution is -2.34. The van der Waals surface area contributed by atoms with Gasteiger partial charge in [-0.3, -0.25) is 4.79 Å². The number of hydroxylamine groups is 1. The molecule has 0 aliphatic rings. The fourth-order valence-electron chi connectivity index (χ4n) is 0.799. The zero-order valence-corrected chi connectivity index (χ0v) is 9.60. The molecule has 0 spiro atoms. The summed E-state index contributed by atoms with van der Waals surface area (Å²) in [5, 5.41) is 0. The summed E-state index contributed by atoms with van der Waals surface area (Å²) in [6.07, 6.45) is -2.12. The van der Waals surface area contributed by atoms with Gasteiger partial charge in [-0.25, -0.2) is 9.59 Å². The molecule has 16 heavy (non-hydrogen) atoms. The maximum Gasteiger partial charge on any atom is 0.365 e. The minimum absolute atomic E-state index is 0.602. The molecule has 0 amide bonds. The Labute approximate surface area is 93.0 Å². The van der Waals surface area contributed by atoms with E-state index in [4.69, 9.17) is 4.74 Å². The molecule has 7 heteroatoms. The largest absolute Gasteiger partial charge is 0.451 e. The van der Waals surface area contributed by atoms with E-state index in [2.05, 4.69) is 15.1 Å². The highest BCUT2D eigenvalue weighted by Crippen LogP contribution is 2.00. The summed E-state index contributed by atoms with van der Waals surface area (Å²) in [6, 6.07) is 0. The van der Waals surface area contributed by atoms with Gasteiger partial charge in [0, 0.05) is 14.0 Å². The predicted octanol–water partition coefficient (Wildman–Crippen LogP) is -0.453. The van der Waals surface area contributed by atoms with E-state index in [0.29, 0.717) is 0 Å². The number of rotatable bonds is 5. The molecule has 0 saturated carbocycles. The molecule has 0 radical (unpaired) electrons. The molecular formula is C9H15NO6. The van der Waals surface area contributed by atoms with Crippen molar-refractivity contribution in [3.63, 3.8) is 0 Å². The molecular weight excluding hydrogens is 218 g/mol. The van der Waals surface area contributed by atoms with Gasteiger partial charge < -0.3 is 14.3 Å². The molecule has 0 saturated heterocycles. The van der Waals surface area contributed by atoms with Crippen LogP contribution >= 0.6 is 0 Å². The quantitative estimate of drug-likeness (QED) is 0.390. The summed E-state index contributed by atoms with van der Waals surface area (Å²) in [6.45, 7) is 3.86. The van der Waals surface area contributed by atoms with Crippen molar-refractivity contribution in [2.24, 2.45) is 0 Å². The third kappa shape index (κ3) is 5.30. The van der Waals surface area contributed by atoms with Crippen LogP contribution in [0, 0.1) is 0 Å². The highest BCUT2D eigenvalue weighted by atomic mass is 16.7. The average molecular weight is 233 g/mol. The van der Waals surface area contributed by atoms with Crippen LogP contribution in [-0.2, 0) is 28.7 Å². The van der Waals surface area contributed by atoms with Gasteiger partial charge in [0.05, 0.1) is 0 Å². The third-order valence-corrected chi connectivity index (χ3v) is 1.50. The van der Waals surface area contributed by atoms with Crippen molar-refractivity contribution in [2.45, 2.75) is 33.0 Å². The zero-order valence-electron chi connectivity index (χ0n) is 9.60. The molecule has 0 aromatic heterocycles. The summed E-state index contributed by atoms with van der Waals surface area (Å²) in [7, 11) is 1.40. The fraction of sp³-hybridized carbons (Fsp3) is 0.667. The number of esters is 2. The van der Waals surface area contributed by atoms with Crippen molar-refractivity contribution in [3.8, 4) is 0 Å². The van der Waals surface area contributed by atoms with Crippen molar-refractivity contribution < 1.29 is 28.7 Å². The van der Waals surface area contributed by atoms with Crippen LogP contribution in [0.4, 0.5) is 0 Å². The number of ether oxygens (including phenoxy) is 2. The maximum absolute atomic E-state index is 11.3. The average Bonchev–Trinajstić information content (AvgIpc) is 2.16. The highest BCUT2D eigenvalue weighted by molar-refractivity contribution is 5.82. The lowest BCUT2D eigenvalue weighted by molar-refractivity contribution is -0.178. The van der Waals surface area contributed by atoms with E-state index < -0.39 is 30.1 Å². The minimum atomic E-state index is -1.07. The molecule has 0 rings (SSSR count). The SMILES string of the molecule is CNOC(=O)C(C)OC(=O)C(C)OC(C)=O. The second-order valence-electron chi connectivity index (χ2n) is 2.96. The van der Waals surface area contributed by atoms with E-state index >= 15 is 0 Å².